The number of nitrogens with zero attached hydrogens (tertiary/aromatic N) is 2. The molecule has 27 heavy (non-hydrogen) atoms. The van der Waals surface area contributed by atoms with Crippen LogP contribution in [-0.4, -0.2) is 59.1 Å². The molecular weight excluding hydrogens is 346 g/mol. The van der Waals surface area contributed by atoms with Crippen LogP contribution in [0.2, 0.25) is 0 Å². The van der Waals surface area contributed by atoms with Crippen LogP contribution in [0.25, 0.3) is 10.8 Å². The Hall–Kier alpha value is -2.74. The second kappa shape index (κ2) is 8.77. The molecule has 0 spiro atoms. The molecule has 0 atom stereocenters. The number of rotatable bonds is 6. The second-order valence-electron chi connectivity index (χ2n) is 6.82. The fourth-order valence-corrected chi connectivity index (χ4v) is 3.30. The molecule has 1 aliphatic rings. The van der Waals surface area contributed by atoms with Crippen LogP contribution in [-0.2, 0) is 4.79 Å². The predicted octanol–water partition coefficient (Wildman–Crippen LogP) is 0.644. The molecule has 2 heterocycles. The maximum Gasteiger partial charge on any atom is 0.272 e. The molecule has 1 saturated heterocycles. The third kappa shape index (κ3) is 4.71. The highest BCUT2D eigenvalue weighted by Crippen LogP contribution is 2.14. The van der Waals surface area contributed by atoms with Crippen LogP contribution in [0.1, 0.15) is 36.7 Å². The first-order valence-electron chi connectivity index (χ1n) is 9.36. The lowest BCUT2D eigenvalue weighted by atomic mass is 10.0. The molecule has 2 amide bonds. The van der Waals surface area contributed by atoms with E-state index in [1.165, 1.54) is 0 Å². The maximum absolute atomic E-state index is 12.6. The Kier molecular flexibility index (Phi) is 6.18. The third-order valence-corrected chi connectivity index (χ3v) is 4.77. The van der Waals surface area contributed by atoms with Gasteiger partial charge in [-0.3, -0.25) is 19.3 Å². The zero-order chi connectivity index (χ0) is 19.2. The zero-order valence-electron chi connectivity index (χ0n) is 15.5. The minimum Gasteiger partial charge on any atom is -0.355 e. The van der Waals surface area contributed by atoms with Gasteiger partial charge in [0.1, 0.15) is 0 Å². The average Bonchev–Trinajstić information content (AvgIpc) is 2.68. The molecule has 0 saturated carbocycles. The number of hydrogen-bond acceptors (Lipinski definition) is 5. The number of amides is 2. The number of aromatic amines is 1. The quantitative estimate of drug-likeness (QED) is 0.691. The van der Waals surface area contributed by atoms with Gasteiger partial charge in [-0.25, -0.2) is 5.10 Å². The van der Waals surface area contributed by atoms with Gasteiger partial charge < -0.3 is 10.6 Å². The third-order valence-electron chi connectivity index (χ3n) is 4.77. The molecule has 8 heteroatoms. The number of aromatic nitrogens is 2. The van der Waals surface area contributed by atoms with Crippen molar-refractivity contribution in [2.75, 3.05) is 26.2 Å². The van der Waals surface area contributed by atoms with Crippen molar-refractivity contribution >= 4 is 22.6 Å². The number of fused-ring (bicyclic) bond motifs is 1. The normalized spacial score (nSPS) is 15.6. The van der Waals surface area contributed by atoms with Crippen LogP contribution in [0, 0.1) is 0 Å². The van der Waals surface area contributed by atoms with E-state index in [-0.39, 0.29) is 29.1 Å². The summed E-state index contributed by atoms with van der Waals surface area (Å²) in [5, 5.41) is 13.2. The Morgan fingerprint density at radius 1 is 1.22 bits per heavy atom. The molecule has 0 bridgehead atoms. The van der Waals surface area contributed by atoms with Gasteiger partial charge in [0.05, 0.1) is 11.9 Å². The molecule has 0 aliphatic carbocycles. The summed E-state index contributed by atoms with van der Waals surface area (Å²) in [7, 11) is 0. The number of benzene rings is 1. The van der Waals surface area contributed by atoms with Crippen LogP contribution in [0.3, 0.4) is 0 Å². The summed E-state index contributed by atoms with van der Waals surface area (Å²) in [6.45, 7) is 4.63. The van der Waals surface area contributed by atoms with E-state index in [0.717, 1.165) is 32.4 Å². The highest BCUT2D eigenvalue weighted by Gasteiger charge is 2.23. The van der Waals surface area contributed by atoms with E-state index in [1.54, 1.807) is 24.3 Å². The minimum absolute atomic E-state index is 0.0277. The Bertz CT molecular complexity index is 871. The van der Waals surface area contributed by atoms with Crippen molar-refractivity contribution < 1.29 is 9.59 Å². The van der Waals surface area contributed by atoms with Gasteiger partial charge in [-0.05, 0) is 25.3 Å². The fraction of sp³-hybridized carbons (Fsp3) is 0.474. The summed E-state index contributed by atoms with van der Waals surface area (Å²) in [5.41, 5.74) is -0.0802. The van der Waals surface area contributed by atoms with Gasteiger partial charge in [-0.1, -0.05) is 25.1 Å². The molecular formula is C19H25N5O3. The van der Waals surface area contributed by atoms with Gasteiger partial charge in [-0.2, -0.15) is 5.10 Å². The van der Waals surface area contributed by atoms with E-state index >= 15 is 0 Å². The van der Waals surface area contributed by atoms with Gasteiger partial charge >= 0.3 is 0 Å². The largest absolute Gasteiger partial charge is 0.355 e. The average molecular weight is 371 g/mol. The van der Waals surface area contributed by atoms with Crippen molar-refractivity contribution in [3.05, 3.63) is 40.3 Å². The number of carbonyl (C=O) groups is 2. The smallest absolute Gasteiger partial charge is 0.272 e. The summed E-state index contributed by atoms with van der Waals surface area (Å²) in [6.07, 6.45) is 2.47. The number of nitrogens with one attached hydrogen (secondary N) is 3. The van der Waals surface area contributed by atoms with Crippen molar-refractivity contribution in [2.24, 2.45) is 0 Å². The summed E-state index contributed by atoms with van der Waals surface area (Å²) in [6, 6.07) is 6.96. The second-order valence-corrected chi connectivity index (χ2v) is 6.82. The topological polar surface area (TPSA) is 107 Å². The van der Waals surface area contributed by atoms with E-state index in [2.05, 4.69) is 25.7 Å². The molecule has 3 rings (SSSR count). The number of carbonyl (C=O) groups excluding carboxylic acids is 2. The SMILES string of the molecule is CCCNC(=O)CN1CCC(NC(=O)c2n[nH]c(=O)c3ccccc23)CC1. The zero-order valence-corrected chi connectivity index (χ0v) is 15.5. The fourth-order valence-electron chi connectivity index (χ4n) is 3.30. The van der Waals surface area contributed by atoms with Crippen LogP contribution < -0.4 is 16.2 Å². The predicted molar refractivity (Wildman–Crippen MR) is 103 cm³/mol. The van der Waals surface area contributed by atoms with E-state index < -0.39 is 0 Å². The Morgan fingerprint density at radius 3 is 2.63 bits per heavy atom. The lowest BCUT2D eigenvalue weighted by Crippen LogP contribution is -2.47. The molecule has 8 nitrogen and oxygen atoms in total. The summed E-state index contributed by atoms with van der Waals surface area (Å²) < 4.78 is 0. The number of H-pyrrole nitrogens is 1. The number of likely N-dealkylation sites (tertiary alicyclic amines) is 1. The lowest BCUT2D eigenvalue weighted by Gasteiger charge is -2.31. The molecule has 144 valence electrons. The lowest BCUT2D eigenvalue weighted by molar-refractivity contribution is -0.122. The van der Waals surface area contributed by atoms with Crippen molar-refractivity contribution in [2.45, 2.75) is 32.2 Å². The number of piperidine rings is 1. The molecule has 3 N–H and O–H groups in total. The maximum atomic E-state index is 12.6. The molecule has 1 aromatic carbocycles. The van der Waals surface area contributed by atoms with Gasteiger partial charge in [0.25, 0.3) is 11.5 Å². The van der Waals surface area contributed by atoms with Crippen molar-refractivity contribution in [1.82, 2.24) is 25.7 Å². The highest BCUT2D eigenvalue weighted by atomic mass is 16.2. The summed E-state index contributed by atoms with van der Waals surface area (Å²) in [4.78, 5) is 38.4. The first kappa shape index (κ1) is 19.0. The summed E-state index contributed by atoms with van der Waals surface area (Å²) in [5.74, 6) is -0.246. The van der Waals surface area contributed by atoms with E-state index in [0.29, 0.717) is 23.9 Å². The molecule has 1 aliphatic heterocycles. The molecule has 1 aromatic heterocycles. The van der Waals surface area contributed by atoms with Crippen LogP contribution in [0.5, 0.6) is 0 Å². The molecule has 0 radical (unpaired) electrons. The number of hydrogen-bond donors (Lipinski definition) is 3. The molecule has 0 unspecified atom stereocenters. The first-order valence-corrected chi connectivity index (χ1v) is 9.36. The van der Waals surface area contributed by atoms with E-state index in [1.807, 2.05) is 6.92 Å². The highest BCUT2D eigenvalue weighted by molar-refractivity contribution is 6.04. The molecule has 1 fully saturated rings. The van der Waals surface area contributed by atoms with E-state index in [9.17, 15) is 14.4 Å². The Morgan fingerprint density at radius 2 is 1.93 bits per heavy atom. The molecule has 2 aromatic rings. The van der Waals surface area contributed by atoms with Crippen molar-refractivity contribution in [3.63, 3.8) is 0 Å². The van der Waals surface area contributed by atoms with Crippen LogP contribution in [0.4, 0.5) is 0 Å². The summed E-state index contributed by atoms with van der Waals surface area (Å²) >= 11 is 0. The van der Waals surface area contributed by atoms with Gasteiger partial charge in [0.15, 0.2) is 5.69 Å². The van der Waals surface area contributed by atoms with Crippen molar-refractivity contribution in [1.29, 1.82) is 0 Å². The van der Waals surface area contributed by atoms with Crippen LogP contribution in [0.15, 0.2) is 29.1 Å². The van der Waals surface area contributed by atoms with Gasteiger partial charge in [-0.15, -0.1) is 0 Å². The van der Waals surface area contributed by atoms with Gasteiger partial charge in [0.2, 0.25) is 5.91 Å². The standard InChI is InChI=1S/C19H25N5O3/c1-2-9-20-16(25)12-24-10-7-13(8-11-24)21-19(27)17-14-5-3-4-6-15(14)18(26)23-22-17/h3-6,13H,2,7-12H2,1H3,(H,20,25)(H,21,27)(H,23,26). The Balaban J connectivity index is 1.57. The minimum atomic E-state index is -0.309. The van der Waals surface area contributed by atoms with Gasteiger partial charge in [0, 0.05) is 31.1 Å². The van der Waals surface area contributed by atoms with Crippen molar-refractivity contribution in [3.8, 4) is 0 Å². The Labute approximate surface area is 157 Å². The van der Waals surface area contributed by atoms with Crippen LogP contribution >= 0.6 is 0 Å². The monoisotopic (exact) mass is 371 g/mol. The first-order chi connectivity index (χ1) is 13.1. The van der Waals surface area contributed by atoms with E-state index in [4.69, 9.17) is 0 Å².